The van der Waals surface area contributed by atoms with E-state index in [2.05, 4.69) is 10.6 Å². The molecule has 0 fully saturated rings. The molecule has 0 saturated heterocycles. The lowest BCUT2D eigenvalue weighted by molar-refractivity contribution is 0.0953. The molecular formula is C19H24N2O4. The first kappa shape index (κ1) is 18.4. The highest BCUT2D eigenvalue weighted by Gasteiger charge is 2.13. The molecule has 2 aromatic carbocycles. The van der Waals surface area contributed by atoms with Gasteiger partial charge in [0.2, 0.25) is 5.75 Å². The number of hydrogen-bond donors (Lipinski definition) is 2. The summed E-state index contributed by atoms with van der Waals surface area (Å²) in [5.74, 6) is 1.56. The first-order chi connectivity index (χ1) is 12.1. The van der Waals surface area contributed by atoms with Crippen LogP contribution >= 0.6 is 0 Å². The van der Waals surface area contributed by atoms with Gasteiger partial charge in [0.25, 0.3) is 5.91 Å². The summed E-state index contributed by atoms with van der Waals surface area (Å²) in [6.45, 7) is 2.67. The molecule has 0 spiro atoms. The van der Waals surface area contributed by atoms with Crippen molar-refractivity contribution in [2.45, 2.75) is 13.3 Å². The minimum Gasteiger partial charge on any atom is -0.493 e. The van der Waals surface area contributed by atoms with E-state index in [9.17, 15) is 4.79 Å². The fraction of sp³-hybridized carbons (Fsp3) is 0.316. The number of amides is 1. The SMILES string of the molecule is CCCNC(=O)c1cccc(Nc2cc(OC)c(OC)c(OC)c2)c1. The summed E-state index contributed by atoms with van der Waals surface area (Å²) in [6, 6.07) is 10.9. The van der Waals surface area contributed by atoms with E-state index in [-0.39, 0.29) is 5.91 Å². The van der Waals surface area contributed by atoms with E-state index in [1.54, 1.807) is 33.5 Å². The molecule has 1 amide bonds. The zero-order valence-corrected chi connectivity index (χ0v) is 15.0. The van der Waals surface area contributed by atoms with E-state index in [4.69, 9.17) is 14.2 Å². The van der Waals surface area contributed by atoms with Crippen molar-refractivity contribution in [3.8, 4) is 17.2 Å². The Morgan fingerprint density at radius 2 is 1.64 bits per heavy atom. The van der Waals surface area contributed by atoms with Gasteiger partial charge in [-0.05, 0) is 24.6 Å². The largest absolute Gasteiger partial charge is 0.493 e. The van der Waals surface area contributed by atoms with E-state index in [1.807, 2.05) is 31.2 Å². The topological polar surface area (TPSA) is 68.8 Å². The van der Waals surface area contributed by atoms with E-state index >= 15 is 0 Å². The van der Waals surface area contributed by atoms with Crippen molar-refractivity contribution >= 4 is 17.3 Å². The van der Waals surface area contributed by atoms with Gasteiger partial charge in [0, 0.05) is 35.6 Å². The smallest absolute Gasteiger partial charge is 0.251 e. The first-order valence-corrected chi connectivity index (χ1v) is 8.08. The van der Waals surface area contributed by atoms with Crippen molar-refractivity contribution in [1.82, 2.24) is 5.32 Å². The predicted molar refractivity (Wildman–Crippen MR) is 98.4 cm³/mol. The Kier molecular flexibility index (Phi) is 6.51. The molecular weight excluding hydrogens is 320 g/mol. The van der Waals surface area contributed by atoms with Crippen LogP contribution in [0.1, 0.15) is 23.7 Å². The van der Waals surface area contributed by atoms with Gasteiger partial charge in [-0.2, -0.15) is 0 Å². The van der Waals surface area contributed by atoms with Crippen LogP contribution in [0, 0.1) is 0 Å². The Balaban J connectivity index is 2.26. The molecule has 2 aromatic rings. The van der Waals surface area contributed by atoms with Gasteiger partial charge >= 0.3 is 0 Å². The second-order valence-corrected chi connectivity index (χ2v) is 5.38. The fourth-order valence-corrected chi connectivity index (χ4v) is 2.40. The summed E-state index contributed by atoms with van der Waals surface area (Å²) in [5.41, 5.74) is 2.16. The lowest BCUT2D eigenvalue weighted by Crippen LogP contribution is -2.23. The number of rotatable bonds is 8. The highest BCUT2D eigenvalue weighted by atomic mass is 16.5. The molecule has 0 aromatic heterocycles. The molecule has 0 atom stereocenters. The summed E-state index contributed by atoms with van der Waals surface area (Å²) in [4.78, 5) is 12.1. The number of anilines is 2. The van der Waals surface area contributed by atoms with Crippen LogP contribution in [0.4, 0.5) is 11.4 Å². The van der Waals surface area contributed by atoms with Crippen molar-refractivity contribution in [1.29, 1.82) is 0 Å². The Labute approximate surface area is 148 Å². The van der Waals surface area contributed by atoms with Gasteiger partial charge in [0.05, 0.1) is 21.3 Å². The van der Waals surface area contributed by atoms with Crippen molar-refractivity contribution in [3.63, 3.8) is 0 Å². The molecule has 2 rings (SSSR count). The highest BCUT2D eigenvalue weighted by molar-refractivity contribution is 5.95. The van der Waals surface area contributed by atoms with E-state index < -0.39 is 0 Å². The maximum atomic E-state index is 12.1. The molecule has 0 aliphatic heterocycles. The summed E-state index contributed by atoms with van der Waals surface area (Å²) in [7, 11) is 4.70. The third kappa shape index (κ3) is 4.56. The third-order valence-electron chi connectivity index (χ3n) is 3.61. The zero-order valence-electron chi connectivity index (χ0n) is 15.0. The van der Waals surface area contributed by atoms with Crippen molar-refractivity contribution in [3.05, 3.63) is 42.0 Å². The number of hydrogen-bond acceptors (Lipinski definition) is 5. The van der Waals surface area contributed by atoms with Gasteiger partial charge < -0.3 is 24.8 Å². The van der Waals surface area contributed by atoms with Crippen LogP contribution in [-0.4, -0.2) is 33.8 Å². The van der Waals surface area contributed by atoms with Gasteiger partial charge in [0.1, 0.15) is 0 Å². The first-order valence-electron chi connectivity index (χ1n) is 8.08. The maximum absolute atomic E-state index is 12.1. The Morgan fingerprint density at radius 1 is 0.960 bits per heavy atom. The van der Waals surface area contributed by atoms with Crippen molar-refractivity contribution < 1.29 is 19.0 Å². The van der Waals surface area contributed by atoms with Crippen LogP contribution in [-0.2, 0) is 0 Å². The van der Waals surface area contributed by atoms with E-state index in [0.29, 0.717) is 29.4 Å². The standard InChI is InChI=1S/C19H24N2O4/c1-5-9-20-19(22)13-7-6-8-14(10-13)21-15-11-16(23-2)18(25-4)17(12-15)24-3/h6-8,10-12,21H,5,9H2,1-4H3,(H,20,22). The average molecular weight is 344 g/mol. The second kappa shape index (κ2) is 8.82. The number of carbonyl (C=O) groups excluding carboxylic acids is 1. The lowest BCUT2D eigenvalue weighted by atomic mass is 10.1. The van der Waals surface area contributed by atoms with E-state index in [1.165, 1.54) is 0 Å². The molecule has 0 bridgehead atoms. The van der Waals surface area contributed by atoms with Crippen molar-refractivity contribution in [2.75, 3.05) is 33.2 Å². The number of ether oxygens (including phenoxy) is 3. The van der Waals surface area contributed by atoms with Crippen LogP contribution in [0.5, 0.6) is 17.2 Å². The minimum absolute atomic E-state index is 0.0876. The molecule has 25 heavy (non-hydrogen) atoms. The normalized spacial score (nSPS) is 10.1. The Morgan fingerprint density at radius 3 is 2.20 bits per heavy atom. The van der Waals surface area contributed by atoms with Crippen LogP contribution in [0.15, 0.2) is 36.4 Å². The summed E-state index contributed by atoms with van der Waals surface area (Å²) in [6.07, 6.45) is 0.898. The summed E-state index contributed by atoms with van der Waals surface area (Å²) >= 11 is 0. The van der Waals surface area contributed by atoms with Crippen molar-refractivity contribution in [2.24, 2.45) is 0 Å². The molecule has 6 heteroatoms. The second-order valence-electron chi connectivity index (χ2n) is 5.38. The predicted octanol–water partition coefficient (Wildman–Crippen LogP) is 3.60. The number of carbonyl (C=O) groups is 1. The minimum atomic E-state index is -0.0876. The fourth-order valence-electron chi connectivity index (χ4n) is 2.40. The van der Waals surface area contributed by atoms with Crippen LogP contribution in [0.3, 0.4) is 0 Å². The Bertz CT molecular complexity index is 706. The van der Waals surface area contributed by atoms with Gasteiger partial charge in [-0.3, -0.25) is 4.79 Å². The van der Waals surface area contributed by atoms with Gasteiger partial charge in [-0.25, -0.2) is 0 Å². The third-order valence-corrected chi connectivity index (χ3v) is 3.61. The van der Waals surface area contributed by atoms with Crippen LogP contribution in [0.2, 0.25) is 0 Å². The Hall–Kier alpha value is -2.89. The lowest BCUT2D eigenvalue weighted by Gasteiger charge is -2.15. The monoisotopic (exact) mass is 344 g/mol. The average Bonchev–Trinajstić information content (AvgIpc) is 2.65. The molecule has 134 valence electrons. The molecule has 6 nitrogen and oxygen atoms in total. The summed E-state index contributed by atoms with van der Waals surface area (Å²) in [5, 5.41) is 6.13. The highest BCUT2D eigenvalue weighted by Crippen LogP contribution is 2.40. The van der Waals surface area contributed by atoms with E-state index in [0.717, 1.165) is 17.8 Å². The van der Waals surface area contributed by atoms with Crippen LogP contribution < -0.4 is 24.8 Å². The molecule has 2 N–H and O–H groups in total. The van der Waals surface area contributed by atoms with Crippen LogP contribution in [0.25, 0.3) is 0 Å². The molecule has 0 saturated carbocycles. The maximum Gasteiger partial charge on any atom is 0.251 e. The molecule has 0 heterocycles. The quantitative estimate of drug-likeness (QED) is 0.766. The van der Waals surface area contributed by atoms with Gasteiger partial charge in [0.15, 0.2) is 11.5 Å². The number of nitrogens with one attached hydrogen (secondary N) is 2. The number of methoxy groups -OCH3 is 3. The molecule has 0 aliphatic rings. The van der Waals surface area contributed by atoms with Gasteiger partial charge in [-0.1, -0.05) is 13.0 Å². The van der Waals surface area contributed by atoms with Gasteiger partial charge in [-0.15, -0.1) is 0 Å². The number of benzene rings is 2. The molecule has 0 radical (unpaired) electrons. The zero-order chi connectivity index (χ0) is 18.2. The summed E-state index contributed by atoms with van der Waals surface area (Å²) < 4.78 is 16.0. The molecule has 0 aliphatic carbocycles. The molecule has 0 unspecified atom stereocenters.